The summed E-state index contributed by atoms with van der Waals surface area (Å²) < 4.78 is 5.85. The molecule has 0 aromatic heterocycles. The molecule has 1 heterocycles. The van der Waals surface area contributed by atoms with Gasteiger partial charge in [-0.25, -0.2) is 0 Å². The summed E-state index contributed by atoms with van der Waals surface area (Å²) >= 11 is 0. The van der Waals surface area contributed by atoms with E-state index in [0.29, 0.717) is 6.54 Å². The number of nitrogens with zero attached hydrogens (tertiary/aromatic N) is 1. The SMILES string of the molecule is C[C@@H](Oc1ccc(C(C)(C)C)cc1)C(=O)NCc1ccccc1CN1CCCC1. The van der Waals surface area contributed by atoms with Crippen LogP contribution in [0, 0.1) is 0 Å². The lowest BCUT2D eigenvalue weighted by atomic mass is 9.87. The molecule has 0 saturated carbocycles. The summed E-state index contributed by atoms with van der Waals surface area (Å²) in [7, 11) is 0. The molecule has 2 aromatic carbocycles. The van der Waals surface area contributed by atoms with Gasteiger partial charge in [-0.15, -0.1) is 0 Å². The van der Waals surface area contributed by atoms with E-state index in [1.54, 1.807) is 6.92 Å². The number of benzene rings is 2. The van der Waals surface area contributed by atoms with Crippen molar-refractivity contribution in [2.75, 3.05) is 13.1 Å². The highest BCUT2D eigenvalue weighted by Gasteiger charge is 2.18. The normalized spacial score (nSPS) is 15.9. The Morgan fingerprint density at radius 3 is 2.28 bits per heavy atom. The Kier molecular flexibility index (Phi) is 6.96. The van der Waals surface area contributed by atoms with Crippen LogP contribution in [0.25, 0.3) is 0 Å². The third-order valence-corrected chi connectivity index (χ3v) is 5.57. The maximum absolute atomic E-state index is 12.6. The number of hydrogen-bond acceptors (Lipinski definition) is 3. The lowest BCUT2D eigenvalue weighted by Gasteiger charge is -2.20. The number of hydrogen-bond donors (Lipinski definition) is 1. The van der Waals surface area contributed by atoms with Crippen molar-refractivity contribution in [2.24, 2.45) is 0 Å². The van der Waals surface area contributed by atoms with Gasteiger partial charge >= 0.3 is 0 Å². The molecule has 1 atom stereocenters. The molecule has 1 N–H and O–H groups in total. The van der Waals surface area contributed by atoms with Crippen molar-refractivity contribution in [1.82, 2.24) is 10.2 Å². The van der Waals surface area contributed by atoms with Crippen molar-refractivity contribution >= 4 is 5.91 Å². The van der Waals surface area contributed by atoms with Crippen molar-refractivity contribution in [3.8, 4) is 5.75 Å². The van der Waals surface area contributed by atoms with Gasteiger partial charge in [-0.3, -0.25) is 9.69 Å². The zero-order chi connectivity index (χ0) is 20.9. The van der Waals surface area contributed by atoms with E-state index in [2.05, 4.69) is 61.3 Å². The van der Waals surface area contributed by atoms with Crippen LogP contribution in [0.4, 0.5) is 0 Å². The number of likely N-dealkylation sites (tertiary alicyclic amines) is 1. The Labute approximate surface area is 175 Å². The first-order valence-electron chi connectivity index (χ1n) is 10.7. The number of carbonyl (C=O) groups is 1. The minimum atomic E-state index is -0.541. The molecule has 29 heavy (non-hydrogen) atoms. The molecule has 0 radical (unpaired) electrons. The summed E-state index contributed by atoms with van der Waals surface area (Å²) in [5, 5.41) is 3.04. The van der Waals surface area contributed by atoms with Crippen LogP contribution in [-0.2, 0) is 23.3 Å². The Morgan fingerprint density at radius 2 is 1.66 bits per heavy atom. The Hall–Kier alpha value is -2.33. The van der Waals surface area contributed by atoms with Gasteiger partial charge in [-0.05, 0) is 67.1 Å². The lowest BCUT2D eigenvalue weighted by molar-refractivity contribution is -0.127. The van der Waals surface area contributed by atoms with E-state index in [4.69, 9.17) is 4.74 Å². The van der Waals surface area contributed by atoms with Crippen molar-refractivity contribution in [1.29, 1.82) is 0 Å². The third-order valence-electron chi connectivity index (χ3n) is 5.57. The van der Waals surface area contributed by atoms with Crippen LogP contribution < -0.4 is 10.1 Å². The molecule has 4 heteroatoms. The molecule has 1 fully saturated rings. The highest BCUT2D eigenvalue weighted by atomic mass is 16.5. The second-order valence-corrected chi connectivity index (χ2v) is 9.00. The van der Waals surface area contributed by atoms with Crippen molar-refractivity contribution < 1.29 is 9.53 Å². The average molecular weight is 395 g/mol. The number of nitrogens with one attached hydrogen (secondary N) is 1. The molecular formula is C25H34N2O2. The summed E-state index contributed by atoms with van der Waals surface area (Å²) in [5.41, 5.74) is 3.82. The van der Waals surface area contributed by atoms with Gasteiger partial charge in [-0.2, -0.15) is 0 Å². The Balaban J connectivity index is 1.54. The molecule has 0 bridgehead atoms. The molecule has 0 spiro atoms. The van der Waals surface area contributed by atoms with E-state index in [1.165, 1.54) is 42.6 Å². The molecule has 1 amide bonds. The van der Waals surface area contributed by atoms with E-state index >= 15 is 0 Å². The predicted octanol–water partition coefficient (Wildman–Crippen LogP) is 4.66. The third kappa shape index (κ3) is 6.07. The molecular weight excluding hydrogens is 360 g/mol. The van der Waals surface area contributed by atoms with E-state index in [-0.39, 0.29) is 11.3 Å². The summed E-state index contributed by atoms with van der Waals surface area (Å²) in [4.78, 5) is 15.0. The zero-order valence-electron chi connectivity index (χ0n) is 18.2. The van der Waals surface area contributed by atoms with E-state index < -0.39 is 6.10 Å². The molecule has 1 aliphatic rings. The highest BCUT2D eigenvalue weighted by Crippen LogP contribution is 2.24. The number of rotatable bonds is 7. The molecule has 3 rings (SSSR count). The summed E-state index contributed by atoms with van der Waals surface area (Å²) in [6.45, 7) is 12.2. The second kappa shape index (κ2) is 9.45. The van der Waals surface area contributed by atoms with Crippen LogP contribution in [0.2, 0.25) is 0 Å². The molecule has 1 saturated heterocycles. The summed E-state index contributed by atoms with van der Waals surface area (Å²) in [5.74, 6) is 0.621. The van der Waals surface area contributed by atoms with Crippen LogP contribution in [0.1, 0.15) is 57.2 Å². The minimum absolute atomic E-state index is 0.0964. The predicted molar refractivity (Wildman–Crippen MR) is 118 cm³/mol. The zero-order valence-corrected chi connectivity index (χ0v) is 18.2. The maximum Gasteiger partial charge on any atom is 0.261 e. The topological polar surface area (TPSA) is 41.6 Å². The lowest BCUT2D eigenvalue weighted by Crippen LogP contribution is -2.36. The van der Waals surface area contributed by atoms with Crippen molar-refractivity contribution in [2.45, 2.75) is 65.1 Å². The van der Waals surface area contributed by atoms with Crippen molar-refractivity contribution in [3.05, 3.63) is 65.2 Å². The molecule has 4 nitrogen and oxygen atoms in total. The molecule has 2 aromatic rings. The van der Waals surface area contributed by atoms with Crippen LogP contribution in [0.15, 0.2) is 48.5 Å². The Morgan fingerprint density at radius 1 is 1.03 bits per heavy atom. The molecule has 156 valence electrons. The first-order valence-corrected chi connectivity index (χ1v) is 10.7. The quantitative estimate of drug-likeness (QED) is 0.742. The van der Waals surface area contributed by atoms with Crippen LogP contribution in [0.3, 0.4) is 0 Å². The van der Waals surface area contributed by atoms with Gasteiger partial charge in [0.2, 0.25) is 0 Å². The van der Waals surface area contributed by atoms with Gasteiger partial charge in [0.25, 0.3) is 5.91 Å². The van der Waals surface area contributed by atoms with Gasteiger partial charge in [-0.1, -0.05) is 57.2 Å². The van der Waals surface area contributed by atoms with Gasteiger partial charge in [0.15, 0.2) is 6.10 Å². The fourth-order valence-electron chi connectivity index (χ4n) is 3.68. The fraction of sp³-hybridized carbons (Fsp3) is 0.480. The molecule has 1 aliphatic heterocycles. The summed E-state index contributed by atoms with van der Waals surface area (Å²) in [6.07, 6.45) is 2.02. The number of carbonyl (C=O) groups excluding carboxylic acids is 1. The monoisotopic (exact) mass is 394 g/mol. The van der Waals surface area contributed by atoms with Crippen LogP contribution in [0.5, 0.6) is 5.75 Å². The van der Waals surface area contributed by atoms with Gasteiger partial charge in [0, 0.05) is 13.1 Å². The number of ether oxygens (including phenoxy) is 1. The minimum Gasteiger partial charge on any atom is -0.481 e. The number of amides is 1. The first kappa shape index (κ1) is 21.4. The molecule has 0 unspecified atom stereocenters. The summed E-state index contributed by atoms with van der Waals surface area (Å²) in [6, 6.07) is 16.4. The smallest absolute Gasteiger partial charge is 0.261 e. The van der Waals surface area contributed by atoms with Crippen molar-refractivity contribution in [3.63, 3.8) is 0 Å². The maximum atomic E-state index is 12.6. The Bertz CT molecular complexity index is 802. The van der Waals surface area contributed by atoms with E-state index in [1.807, 2.05) is 18.2 Å². The molecule has 0 aliphatic carbocycles. The van der Waals surface area contributed by atoms with E-state index in [9.17, 15) is 4.79 Å². The van der Waals surface area contributed by atoms with Gasteiger partial charge < -0.3 is 10.1 Å². The van der Waals surface area contributed by atoms with Crippen LogP contribution >= 0.6 is 0 Å². The highest BCUT2D eigenvalue weighted by molar-refractivity contribution is 5.80. The van der Waals surface area contributed by atoms with Gasteiger partial charge in [0.1, 0.15) is 5.75 Å². The largest absolute Gasteiger partial charge is 0.481 e. The fourth-order valence-corrected chi connectivity index (χ4v) is 3.68. The first-order chi connectivity index (χ1) is 13.8. The average Bonchev–Trinajstić information content (AvgIpc) is 3.20. The van der Waals surface area contributed by atoms with E-state index in [0.717, 1.165) is 12.3 Å². The van der Waals surface area contributed by atoms with Crippen LogP contribution in [-0.4, -0.2) is 30.0 Å². The standard InChI is InChI=1S/C25H34N2O2/c1-19(29-23-13-11-22(12-14-23)25(2,3)4)24(28)26-17-20-9-5-6-10-21(20)18-27-15-7-8-16-27/h5-6,9-14,19H,7-8,15-18H2,1-4H3,(H,26,28)/t19-/m1/s1. The van der Waals surface area contributed by atoms with Gasteiger partial charge in [0.05, 0.1) is 0 Å². The second-order valence-electron chi connectivity index (χ2n) is 9.00.